The number of nitrogens with two attached hydrogens (primary N) is 2. The number of nitrogens with zero attached hydrogens (tertiary/aromatic N) is 1. The zero-order valence-corrected chi connectivity index (χ0v) is 9.13. The Bertz CT molecular complexity index is 229. The number of carboxylic acids is 1. The molecule has 0 saturated heterocycles. The Morgan fingerprint density at radius 1 is 1.64 bits per heavy atom. The third-order valence-electron chi connectivity index (χ3n) is 1.85. The second kappa shape index (κ2) is 5.87. The Labute approximate surface area is 89.0 Å². The van der Waals surface area contributed by atoms with Crippen LogP contribution in [0.15, 0.2) is 4.99 Å². The zero-order valence-electron chi connectivity index (χ0n) is 8.23. The fraction of sp³-hybridized carbons (Fsp3) is 0.750. The van der Waals surface area contributed by atoms with Crippen molar-refractivity contribution in [2.75, 3.05) is 12.3 Å². The Balaban J connectivity index is 3.97. The van der Waals surface area contributed by atoms with Gasteiger partial charge in [-0.25, -0.2) is 0 Å². The molecular formula is C8H17N3O2S. The standard InChI is InChI=1S/C8H17N3O2S/c1-6(9)11-4-2-3-8(10,5-14)7(12)13/h14H,2-5,10H2,1H3,(H2,9,11)(H,12,13). The fourth-order valence-electron chi connectivity index (χ4n) is 0.904. The topological polar surface area (TPSA) is 102 Å². The van der Waals surface area contributed by atoms with Crippen molar-refractivity contribution in [3.63, 3.8) is 0 Å². The predicted molar refractivity (Wildman–Crippen MR) is 59.8 cm³/mol. The normalized spacial score (nSPS) is 16.4. The molecule has 0 spiro atoms. The minimum atomic E-state index is -1.25. The Hall–Kier alpha value is -0.750. The summed E-state index contributed by atoms with van der Waals surface area (Å²) in [7, 11) is 0. The molecule has 0 amide bonds. The van der Waals surface area contributed by atoms with E-state index in [-0.39, 0.29) is 5.75 Å². The van der Waals surface area contributed by atoms with Gasteiger partial charge in [0.1, 0.15) is 5.54 Å². The van der Waals surface area contributed by atoms with Crippen molar-refractivity contribution in [3.05, 3.63) is 0 Å². The van der Waals surface area contributed by atoms with Crippen molar-refractivity contribution in [1.82, 2.24) is 0 Å². The van der Waals surface area contributed by atoms with Gasteiger partial charge < -0.3 is 16.6 Å². The summed E-state index contributed by atoms with van der Waals surface area (Å²) in [5, 5.41) is 8.81. The van der Waals surface area contributed by atoms with Crippen molar-refractivity contribution >= 4 is 24.4 Å². The molecular weight excluding hydrogens is 202 g/mol. The van der Waals surface area contributed by atoms with Crippen LogP contribution < -0.4 is 11.5 Å². The average molecular weight is 219 g/mol. The third-order valence-corrected chi connectivity index (χ3v) is 2.41. The first kappa shape index (κ1) is 13.2. The molecule has 0 fully saturated rings. The molecule has 0 aromatic rings. The van der Waals surface area contributed by atoms with E-state index in [4.69, 9.17) is 16.6 Å². The van der Waals surface area contributed by atoms with E-state index in [0.29, 0.717) is 25.2 Å². The minimum absolute atomic E-state index is 0.119. The predicted octanol–water partition coefficient (Wildman–Crippen LogP) is -0.144. The van der Waals surface area contributed by atoms with Crippen molar-refractivity contribution in [2.24, 2.45) is 16.5 Å². The number of hydrogen-bond acceptors (Lipinski definition) is 4. The molecule has 5 N–H and O–H groups in total. The monoisotopic (exact) mass is 219 g/mol. The molecule has 0 bridgehead atoms. The van der Waals surface area contributed by atoms with Gasteiger partial charge in [-0.2, -0.15) is 12.6 Å². The Morgan fingerprint density at radius 3 is 2.57 bits per heavy atom. The SMILES string of the molecule is CC(N)=NCCCC(N)(CS)C(=O)O. The third kappa shape index (κ3) is 4.48. The van der Waals surface area contributed by atoms with Gasteiger partial charge in [0, 0.05) is 12.3 Å². The largest absolute Gasteiger partial charge is 0.480 e. The van der Waals surface area contributed by atoms with Gasteiger partial charge in [-0.05, 0) is 19.8 Å². The lowest BCUT2D eigenvalue weighted by atomic mass is 9.97. The van der Waals surface area contributed by atoms with Gasteiger partial charge in [-0.1, -0.05) is 0 Å². The van der Waals surface area contributed by atoms with Gasteiger partial charge in [-0.15, -0.1) is 0 Å². The molecule has 0 rings (SSSR count). The van der Waals surface area contributed by atoms with Crippen LogP contribution in [0.3, 0.4) is 0 Å². The lowest BCUT2D eigenvalue weighted by Crippen LogP contribution is -2.49. The van der Waals surface area contributed by atoms with Crippen LogP contribution in [0, 0.1) is 0 Å². The van der Waals surface area contributed by atoms with Crippen LogP contribution in [-0.2, 0) is 4.79 Å². The molecule has 0 saturated carbocycles. The molecule has 0 aliphatic rings. The molecule has 14 heavy (non-hydrogen) atoms. The molecule has 0 aromatic heterocycles. The maximum atomic E-state index is 10.7. The van der Waals surface area contributed by atoms with Crippen LogP contribution in [0.4, 0.5) is 0 Å². The molecule has 82 valence electrons. The lowest BCUT2D eigenvalue weighted by molar-refractivity contribution is -0.142. The molecule has 0 radical (unpaired) electrons. The fourth-order valence-corrected chi connectivity index (χ4v) is 1.20. The van der Waals surface area contributed by atoms with Gasteiger partial charge in [-0.3, -0.25) is 9.79 Å². The van der Waals surface area contributed by atoms with Gasteiger partial charge in [0.05, 0.1) is 5.84 Å². The van der Waals surface area contributed by atoms with E-state index in [1.54, 1.807) is 6.92 Å². The summed E-state index contributed by atoms with van der Waals surface area (Å²) in [6, 6.07) is 0. The highest BCUT2D eigenvalue weighted by Gasteiger charge is 2.31. The number of carboxylic acid groups (broad SMARTS) is 1. The van der Waals surface area contributed by atoms with Crippen molar-refractivity contribution in [2.45, 2.75) is 25.3 Å². The van der Waals surface area contributed by atoms with E-state index in [0.717, 1.165) is 0 Å². The Kier molecular flexibility index (Phi) is 5.56. The van der Waals surface area contributed by atoms with E-state index in [2.05, 4.69) is 17.6 Å². The summed E-state index contributed by atoms with van der Waals surface area (Å²) in [6.45, 7) is 2.19. The van der Waals surface area contributed by atoms with E-state index in [9.17, 15) is 4.79 Å². The number of aliphatic carboxylic acids is 1. The van der Waals surface area contributed by atoms with Crippen LogP contribution in [0.2, 0.25) is 0 Å². The van der Waals surface area contributed by atoms with Crippen molar-refractivity contribution < 1.29 is 9.90 Å². The molecule has 0 aromatic carbocycles. The van der Waals surface area contributed by atoms with E-state index >= 15 is 0 Å². The average Bonchev–Trinajstić information content (AvgIpc) is 2.11. The molecule has 1 atom stereocenters. The number of thiol groups is 1. The number of aliphatic imine (C=N–C) groups is 1. The number of rotatable bonds is 6. The van der Waals surface area contributed by atoms with E-state index < -0.39 is 11.5 Å². The minimum Gasteiger partial charge on any atom is -0.480 e. The summed E-state index contributed by atoms with van der Waals surface area (Å²) in [6.07, 6.45) is 0.945. The molecule has 1 unspecified atom stereocenters. The number of carbonyl (C=O) groups is 1. The molecule has 0 aliphatic carbocycles. The van der Waals surface area contributed by atoms with Crippen molar-refractivity contribution in [1.29, 1.82) is 0 Å². The molecule has 0 heterocycles. The van der Waals surface area contributed by atoms with Gasteiger partial charge in [0.25, 0.3) is 0 Å². The number of amidine groups is 1. The first-order valence-electron chi connectivity index (χ1n) is 4.32. The van der Waals surface area contributed by atoms with Crippen LogP contribution in [0.5, 0.6) is 0 Å². The van der Waals surface area contributed by atoms with Gasteiger partial charge in [0.2, 0.25) is 0 Å². The molecule has 0 aliphatic heterocycles. The second-order valence-electron chi connectivity index (χ2n) is 3.25. The van der Waals surface area contributed by atoms with E-state index in [1.165, 1.54) is 0 Å². The first-order chi connectivity index (χ1) is 6.42. The van der Waals surface area contributed by atoms with Gasteiger partial charge in [0.15, 0.2) is 0 Å². The van der Waals surface area contributed by atoms with Gasteiger partial charge >= 0.3 is 5.97 Å². The van der Waals surface area contributed by atoms with Crippen LogP contribution in [0.25, 0.3) is 0 Å². The quantitative estimate of drug-likeness (QED) is 0.216. The summed E-state index contributed by atoms with van der Waals surface area (Å²) < 4.78 is 0. The second-order valence-corrected chi connectivity index (χ2v) is 3.56. The van der Waals surface area contributed by atoms with E-state index in [1.807, 2.05) is 0 Å². The van der Waals surface area contributed by atoms with Crippen LogP contribution >= 0.6 is 12.6 Å². The summed E-state index contributed by atoms with van der Waals surface area (Å²) >= 11 is 3.92. The molecule has 6 heteroatoms. The summed E-state index contributed by atoms with van der Waals surface area (Å²) in [4.78, 5) is 14.7. The maximum absolute atomic E-state index is 10.7. The lowest BCUT2D eigenvalue weighted by Gasteiger charge is -2.21. The van der Waals surface area contributed by atoms with Crippen LogP contribution in [-0.4, -0.2) is 34.7 Å². The smallest absolute Gasteiger partial charge is 0.324 e. The highest BCUT2D eigenvalue weighted by atomic mass is 32.1. The zero-order chi connectivity index (χ0) is 11.2. The summed E-state index contributed by atoms with van der Waals surface area (Å²) in [5.74, 6) is -0.414. The summed E-state index contributed by atoms with van der Waals surface area (Å²) in [5.41, 5.74) is 9.67. The number of hydrogen-bond donors (Lipinski definition) is 4. The van der Waals surface area contributed by atoms with Crippen molar-refractivity contribution in [3.8, 4) is 0 Å². The Morgan fingerprint density at radius 2 is 2.21 bits per heavy atom. The highest BCUT2D eigenvalue weighted by Crippen LogP contribution is 2.12. The maximum Gasteiger partial charge on any atom is 0.324 e. The van der Waals surface area contributed by atoms with Crippen LogP contribution in [0.1, 0.15) is 19.8 Å². The highest BCUT2D eigenvalue weighted by molar-refractivity contribution is 7.80. The molecule has 5 nitrogen and oxygen atoms in total. The first-order valence-corrected chi connectivity index (χ1v) is 4.95.